The number of ether oxygens (including phenoxy) is 1. The number of halogens is 1. The highest BCUT2D eigenvalue weighted by Crippen LogP contribution is 2.66. The molecule has 21 heteroatoms. The number of hydrogen-bond donors (Lipinski definition) is 7. The van der Waals surface area contributed by atoms with Gasteiger partial charge >= 0.3 is 29.2 Å². The maximum atomic E-state index is 13.7. The molecular weight excluding hydrogens is 498 g/mol. The molecule has 1 fully saturated rings. The molecule has 0 saturated carbocycles. The van der Waals surface area contributed by atoms with E-state index in [1.807, 2.05) is 0 Å². The number of phosphoric acid groups is 3. The van der Waals surface area contributed by atoms with Gasteiger partial charge in [-0.05, 0) is 6.07 Å². The minimum Gasteiger partial charge on any atom is -0.387 e. The van der Waals surface area contributed by atoms with Crippen molar-refractivity contribution < 1.29 is 65.8 Å². The van der Waals surface area contributed by atoms with Crippen molar-refractivity contribution in [3.8, 4) is 0 Å². The van der Waals surface area contributed by atoms with Gasteiger partial charge < -0.3 is 40.3 Å². The van der Waals surface area contributed by atoms with Crippen molar-refractivity contribution >= 4 is 29.3 Å². The van der Waals surface area contributed by atoms with Crippen molar-refractivity contribution in [1.29, 1.82) is 0 Å². The minimum absolute atomic E-state index is 0.196. The molecule has 1 aromatic rings. The first-order valence-corrected chi connectivity index (χ1v) is 12.3. The smallest absolute Gasteiger partial charge is 0.387 e. The van der Waals surface area contributed by atoms with Crippen LogP contribution in [0.25, 0.3) is 0 Å². The van der Waals surface area contributed by atoms with Gasteiger partial charge in [0.25, 0.3) is 0 Å². The molecule has 6 atom stereocenters. The van der Waals surface area contributed by atoms with E-state index in [4.69, 9.17) is 25.2 Å². The van der Waals surface area contributed by atoms with Crippen LogP contribution in [0.2, 0.25) is 0 Å². The molecule has 1 aliphatic heterocycles. The topological polar surface area (TPSA) is 270 Å². The quantitative estimate of drug-likeness (QED) is 0.177. The van der Waals surface area contributed by atoms with E-state index in [2.05, 4.69) is 18.1 Å². The molecule has 17 nitrogen and oxygen atoms in total. The van der Waals surface area contributed by atoms with E-state index in [1.165, 1.54) is 0 Å². The number of nitrogen functional groups attached to an aromatic ring is 1. The lowest BCUT2D eigenvalue weighted by molar-refractivity contribution is -0.136. The van der Waals surface area contributed by atoms with Gasteiger partial charge in [-0.3, -0.25) is 9.09 Å². The summed E-state index contributed by atoms with van der Waals surface area (Å²) in [4.78, 5) is 50.7. The number of hydrogen-bond acceptors (Lipinski definition) is 12. The van der Waals surface area contributed by atoms with E-state index in [0.717, 1.165) is 12.3 Å². The van der Waals surface area contributed by atoms with Crippen molar-refractivity contribution in [3.63, 3.8) is 0 Å². The summed E-state index contributed by atoms with van der Waals surface area (Å²) < 4.78 is 64.5. The fourth-order valence-electron chi connectivity index (χ4n) is 2.45. The normalized spacial score (nSPS) is 30.6. The lowest BCUT2D eigenvalue weighted by Gasteiger charge is -2.29. The number of anilines is 1. The molecule has 2 rings (SSSR count). The Labute approximate surface area is 171 Å². The fraction of sp³-hybridized carbons (Fsp3) is 0.600. The Morgan fingerprint density at radius 1 is 1.19 bits per heavy atom. The Bertz CT molecular complexity index is 1020. The largest absolute Gasteiger partial charge is 0.490 e. The van der Waals surface area contributed by atoms with Crippen LogP contribution in [-0.4, -0.2) is 70.4 Å². The Morgan fingerprint density at radius 2 is 1.81 bits per heavy atom. The molecule has 8 N–H and O–H groups in total. The molecule has 0 spiro atoms. The van der Waals surface area contributed by atoms with Crippen LogP contribution in [0.15, 0.2) is 17.1 Å². The molecule has 1 aliphatic rings. The van der Waals surface area contributed by atoms with Crippen molar-refractivity contribution in [3.05, 3.63) is 22.7 Å². The maximum Gasteiger partial charge on any atom is 0.490 e. The summed E-state index contributed by atoms with van der Waals surface area (Å²) in [5, 5.41) is 20.3. The van der Waals surface area contributed by atoms with Gasteiger partial charge in [-0.2, -0.15) is 13.6 Å². The molecule has 31 heavy (non-hydrogen) atoms. The molecular formula is C10H17FN3O14P3. The van der Waals surface area contributed by atoms with Crippen molar-refractivity contribution in [1.82, 2.24) is 9.55 Å². The third-order valence-corrected chi connectivity index (χ3v) is 7.53. The van der Waals surface area contributed by atoms with Crippen molar-refractivity contribution in [2.75, 3.05) is 19.0 Å². The number of alkyl halides is 1. The zero-order valence-corrected chi connectivity index (χ0v) is 17.6. The Kier molecular flexibility index (Phi) is 7.62. The van der Waals surface area contributed by atoms with Crippen LogP contribution < -0.4 is 11.4 Å². The Hall–Kier alpha value is -1.10. The number of aliphatic hydroxyl groups is 2. The van der Waals surface area contributed by atoms with Crippen LogP contribution in [-0.2, 0) is 31.6 Å². The summed E-state index contributed by atoms with van der Waals surface area (Å²) >= 11 is 0. The van der Waals surface area contributed by atoms with Gasteiger partial charge in [0.2, 0.25) is 0 Å². The monoisotopic (exact) mass is 515 g/mol. The van der Waals surface area contributed by atoms with Crippen LogP contribution in [0.5, 0.6) is 0 Å². The minimum atomic E-state index is -5.84. The van der Waals surface area contributed by atoms with Crippen LogP contribution >= 0.6 is 23.5 Å². The van der Waals surface area contributed by atoms with E-state index in [-0.39, 0.29) is 5.82 Å². The molecule has 178 valence electrons. The lowest BCUT2D eigenvalue weighted by Crippen LogP contribution is -2.48. The molecule has 0 aliphatic carbocycles. The van der Waals surface area contributed by atoms with Crippen LogP contribution in [0.4, 0.5) is 10.2 Å². The summed E-state index contributed by atoms with van der Waals surface area (Å²) in [5.74, 6) is -0.196. The predicted octanol–water partition coefficient (Wildman–Crippen LogP) is -1.87. The summed E-state index contributed by atoms with van der Waals surface area (Å²) in [5.41, 5.74) is 1.68. The highest BCUT2D eigenvalue weighted by atomic mass is 31.3. The fourth-order valence-corrected chi connectivity index (χ4v) is 5.53. The molecule has 1 saturated heterocycles. The highest BCUT2D eigenvalue weighted by Gasteiger charge is 2.57. The van der Waals surface area contributed by atoms with Crippen LogP contribution in [0, 0.1) is 0 Å². The lowest BCUT2D eigenvalue weighted by atomic mass is 9.98. The second kappa shape index (κ2) is 9.03. The molecule has 2 heterocycles. The standard InChI is InChI=1S/C10H17FN3O14P3/c11-3-10(4-25-30(21,22)28-31(23,24)27-29(18,19)20)7(16)6(15)8(26-10)14-2-1-5(12)13-9(14)17/h1-2,6-8,15-16H,3-4H2,(H,21,22)(H,23,24)(H2,12,13,17)(H2,18,19,20)/t6-,7-,8+,10+/m0/s1. The van der Waals surface area contributed by atoms with Gasteiger partial charge in [-0.25, -0.2) is 22.9 Å². The van der Waals surface area contributed by atoms with Crippen molar-refractivity contribution in [2.45, 2.75) is 24.0 Å². The SMILES string of the molecule is Nc1ccn([C@@H]2O[C@](CF)(COP(=O)(O)OP(=O)(O)OP(=O)(O)O)[C@@H](O)[C@@H]2O)c(=O)n1. The zero-order chi connectivity index (χ0) is 23.8. The number of nitrogens with zero attached hydrogens (tertiary/aromatic N) is 2. The maximum absolute atomic E-state index is 13.7. The van der Waals surface area contributed by atoms with E-state index in [0.29, 0.717) is 4.57 Å². The van der Waals surface area contributed by atoms with Gasteiger partial charge in [0.15, 0.2) is 11.8 Å². The van der Waals surface area contributed by atoms with Crippen LogP contribution in [0.3, 0.4) is 0 Å². The first-order valence-electron chi connectivity index (χ1n) is 7.74. The summed E-state index contributed by atoms with van der Waals surface area (Å²) in [6, 6.07) is 1.12. The third kappa shape index (κ3) is 6.46. The summed E-state index contributed by atoms with van der Waals surface area (Å²) in [6.45, 7) is -3.08. The zero-order valence-electron chi connectivity index (χ0n) is 14.9. The van der Waals surface area contributed by atoms with Crippen LogP contribution in [0.1, 0.15) is 6.23 Å². The van der Waals surface area contributed by atoms with Gasteiger partial charge in [0.05, 0.1) is 6.61 Å². The summed E-state index contributed by atoms with van der Waals surface area (Å²) in [7, 11) is -17.2. The molecule has 0 radical (unpaired) electrons. The second-order valence-electron chi connectivity index (χ2n) is 6.05. The van der Waals surface area contributed by atoms with Gasteiger partial charge in [-0.1, -0.05) is 0 Å². The number of nitrogens with two attached hydrogens (primary N) is 1. The van der Waals surface area contributed by atoms with Gasteiger partial charge in [0.1, 0.15) is 24.7 Å². The van der Waals surface area contributed by atoms with E-state index < -0.39 is 66.5 Å². The van der Waals surface area contributed by atoms with Gasteiger partial charge in [0, 0.05) is 6.20 Å². The second-order valence-corrected chi connectivity index (χ2v) is 10.5. The predicted molar refractivity (Wildman–Crippen MR) is 93.6 cm³/mol. The first kappa shape index (κ1) is 26.2. The highest BCUT2D eigenvalue weighted by molar-refractivity contribution is 7.66. The molecule has 1 aromatic heterocycles. The Morgan fingerprint density at radius 3 is 2.32 bits per heavy atom. The number of rotatable bonds is 9. The number of aliphatic hydroxyl groups excluding tert-OH is 2. The summed E-state index contributed by atoms with van der Waals surface area (Å²) in [6.07, 6.45) is -4.90. The van der Waals surface area contributed by atoms with Crippen molar-refractivity contribution in [2.24, 2.45) is 0 Å². The van der Waals surface area contributed by atoms with E-state index in [1.54, 1.807) is 0 Å². The molecule has 0 aromatic carbocycles. The average Bonchev–Trinajstić information content (AvgIpc) is 2.82. The third-order valence-electron chi connectivity index (χ3n) is 3.75. The van der Waals surface area contributed by atoms with E-state index >= 15 is 0 Å². The molecule has 2 unspecified atom stereocenters. The number of phosphoric ester groups is 1. The number of aromatic nitrogens is 2. The van der Waals surface area contributed by atoms with Gasteiger partial charge in [-0.15, -0.1) is 0 Å². The average molecular weight is 515 g/mol. The molecule has 0 amide bonds. The molecule has 0 bridgehead atoms. The first-order chi connectivity index (χ1) is 14.0. The van der Waals surface area contributed by atoms with E-state index in [9.17, 15) is 38.0 Å². The Balaban J connectivity index is 2.20.